The molecule has 0 radical (unpaired) electrons. The highest BCUT2D eigenvalue weighted by Gasteiger charge is 1.95. The van der Waals surface area contributed by atoms with Gasteiger partial charge in [-0.3, -0.25) is 0 Å². The Morgan fingerprint density at radius 1 is 0.913 bits per heavy atom. The van der Waals surface area contributed by atoms with E-state index in [0.717, 1.165) is 5.92 Å². The number of aryl methyl sites for hydroxylation is 3. The van der Waals surface area contributed by atoms with E-state index in [1.807, 2.05) is 13.8 Å². The van der Waals surface area contributed by atoms with Crippen LogP contribution in [-0.4, -0.2) is 5.78 Å². The van der Waals surface area contributed by atoms with Gasteiger partial charge in [0, 0.05) is 0 Å². The van der Waals surface area contributed by atoms with Gasteiger partial charge in [0.05, 0.1) is 0 Å². The lowest BCUT2D eigenvalue weighted by Crippen LogP contribution is -1.91. The van der Waals surface area contributed by atoms with E-state index in [0.29, 0.717) is 0 Å². The number of hydrogen-bond donors (Lipinski definition) is 0. The second-order valence-corrected chi connectivity index (χ2v) is 6.18. The SMILES string of the molecule is CC.CC(C)=O.CCCC(C)CCC.Cc1ccc(C)c(C)c1. The van der Waals surface area contributed by atoms with Crippen LogP contribution < -0.4 is 0 Å². The topological polar surface area (TPSA) is 17.1 Å². The first-order valence-corrected chi connectivity index (χ1v) is 9.25. The number of ketones is 1. The second kappa shape index (κ2) is 18.9. The second-order valence-electron chi connectivity index (χ2n) is 6.18. The molecular formula is C22H42O. The fourth-order valence-corrected chi connectivity index (χ4v) is 2.02. The summed E-state index contributed by atoms with van der Waals surface area (Å²) < 4.78 is 0. The molecule has 0 saturated heterocycles. The quantitative estimate of drug-likeness (QED) is 0.562. The molecule has 0 bridgehead atoms. The molecule has 0 aromatic heterocycles. The molecule has 0 saturated carbocycles. The molecule has 0 atom stereocenters. The Balaban J connectivity index is -0.000000263. The summed E-state index contributed by atoms with van der Waals surface area (Å²) in [5, 5.41) is 0. The monoisotopic (exact) mass is 322 g/mol. The maximum Gasteiger partial charge on any atom is 0.126 e. The lowest BCUT2D eigenvalue weighted by molar-refractivity contribution is -0.114. The van der Waals surface area contributed by atoms with E-state index in [1.54, 1.807) is 0 Å². The van der Waals surface area contributed by atoms with Crippen LogP contribution in [0.25, 0.3) is 0 Å². The molecule has 1 nitrogen and oxygen atoms in total. The maximum atomic E-state index is 9.44. The van der Waals surface area contributed by atoms with Gasteiger partial charge in [-0.2, -0.15) is 0 Å². The fourth-order valence-electron chi connectivity index (χ4n) is 2.02. The number of carbonyl (C=O) groups is 1. The lowest BCUT2D eigenvalue weighted by atomic mass is 10.0. The number of carbonyl (C=O) groups excluding carboxylic acids is 1. The van der Waals surface area contributed by atoms with Gasteiger partial charge in [-0.15, -0.1) is 0 Å². The molecule has 0 aliphatic rings. The summed E-state index contributed by atoms with van der Waals surface area (Å²) in [7, 11) is 0. The van der Waals surface area contributed by atoms with Crippen molar-refractivity contribution in [3.05, 3.63) is 34.9 Å². The summed E-state index contributed by atoms with van der Waals surface area (Å²) in [6.45, 7) is 20.3. The molecule has 0 aliphatic carbocycles. The first-order valence-electron chi connectivity index (χ1n) is 9.25. The van der Waals surface area contributed by atoms with Gasteiger partial charge in [-0.25, -0.2) is 0 Å². The van der Waals surface area contributed by atoms with Crippen molar-refractivity contribution in [3.8, 4) is 0 Å². The van der Waals surface area contributed by atoms with E-state index in [9.17, 15) is 4.79 Å². The van der Waals surface area contributed by atoms with E-state index < -0.39 is 0 Å². The van der Waals surface area contributed by atoms with Gasteiger partial charge >= 0.3 is 0 Å². The molecule has 0 unspecified atom stereocenters. The van der Waals surface area contributed by atoms with Crippen molar-refractivity contribution < 1.29 is 4.79 Å². The van der Waals surface area contributed by atoms with Gasteiger partial charge < -0.3 is 4.79 Å². The number of hydrogen-bond acceptors (Lipinski definition) is 1. The third-order valence-corrected chi connectivity index (χ3v) is 3.23. The van der Waals surface area contributed by atoms with Gasteiger partial charge in [0.25, 0.3) is 0 Å². The molecule has 0 amide bonds. The molecular weight excluding hydrogens is 280 g/mol. The van der Waals surface area contributed by atoms with Gasteiger partial charge in [0.2, 0.25) is 0 Å². The van der Waals surface area contributed by atoms with E-state index in [-0.39, 0.29) is 5.78 Å². The number of rotatable bonds is 4. The minimum atomic E-state index is 0.167. The Morgan fingerprint density at radius 2 is 1.30 bits per heavy atom. The molecule has 0 spiro atoms. The zero-order chi connectivity index (χ0) is 18.8. The molecule has 1 heteroatoms. The average molecular weight is 323 g/mol. The van der Waals surface area contributed by atoms with Crippen LogP contribution in [0.3, 0.4) is 0 Å². The molecule has 0 aliphatic heterocycles. The van der Waals surface area contributed by atoms with Crippen LogP contribution in [0, 0.1) is 26.7 Å². The van der Waals surface area contributed by atoms with Crippen LogP contribution in [0.2, 0.25) is 0 Å². The predicted molar refractivity (Wildman–Crippen MR) is 107 cm³/mol. The zero-order valence-corrected chi connectivity index (χ0v) is 17.5. The van der Waals surface area contributed by atoms with Crippen LogP contribution in [0.4, 0.5) is 0 Å². The van der Waals surface area contributed by atoms with Crippen molar-refractivity contribution in [2.75, 3.05) is 0 Å². The van der Waals surface area contributed by atoms with Crippen molar-refractivity contribution >= 4 is 5.78 Å². The third-order valence-electron chi connectivity index (χ3n) is 3.23. The van der Waals surface area contributed by atoms with Gasteiger partial charge in [0.1, 0.15) is 5.78 Å². The Hall–Kier alpha value is -1.11. The fraction of sp³-hybridized carbons (Fsp3) is 0.682. The largest absolute Gasteiger partial charge is 0.300 e. The van der Waals surface area contributed by atoms with Crippen molar-refractivity contribution in [3.63, 3.8) is 0 Å². The van der Waals surface area contributed by atoms with Crippen molar-refractivity contribution in [2.45, 2.75) is 94.9 Å². The molecule has 1 aromatic carbocycles. The summed E-state index contributed by atoms with van der Waals surface area (Å²) >= 11 is 0. The third kappa shape index (κ3) is 23.3. The molecule has 23 heavy (non-hydrogen) atoms. The highest BCUT2D eigenvalue weighted by Crippen LogP contribution is 2.10. The van der Waals surface area contributed by atoms with Gasteiger partial charge in [-0.05, 0) is 51.7 Å². The Labute approximate surface area is 146 Å². The Bertz CT molecular complexity index is 370. The highest BCUT2D eigenvalue weighted by atomic mass is 16.1. The van der Waals surface area contributed by atoms with Crippen molar-refractivity contribution in [2.24, 2.45) is 5.92 Å². The number of Topliss-reactive ketones (excluding diaryl/α,β-unsaturated/α-hetero) is 1. The van der Waals surface area contributed by atoms with Crippen LogP contribution in [0.1, 0.15) is 90.8 Å². The zero-order valence-electron chi connectivity index (χ0n) is 17.5. The van der Waals surface area contributed by atoms with E-state index in [2.05, 4.69) is 59.7 Å². The summed E-state index contributed by atoms with van der Waals surface area (Å²) in [5.41, 5.74) is 4.11. The van der Waals surface area contributed by atoms with Gasteiger partial charge in [-0.1, -0.05) is 84.1 Å². The summed E-state index contributed by atoms with van der Waals surface area (Å²) in [6.07, 6.45) is 5.52. The predicted octanol–water partition coefficient (Wildman–Crippen LogP) is 7.46. The Kier molecular flexibility index (Phi) is 22.0. The minimum Gasteiger partial charge on any atom is -0.300 e. The Morgan fingerprint density at radius 3 is 1.57 bits per heavy atom. The molecule has 1 aromatic rings. The van der Waals surface area contributed by atoms with E-state index >= 15 is 0 Å². The van der Waals surface area contributed by atoms with Crippen LogP contribution in [0.15, 0.2) is 18.2 Å². The maximum absolute atomic E-state index is 9.44. The van der Waals surface area contributed by atoms with E-state index in [4.69, 9.17) is 0 Å². The molecule has 0 N–H and O–H groups in total. The molecule has 0 fully saturated rings. The highest BCUT2D eigenvalue weighted by molar-refractivity contribution is 5.72. The van der Waals surface area contributed by atoms with Crippen molar-refractivity contribution in [1.29, 1.82) is 0 Å². The first-order chi connectivity index (χ1) is 10.7. The summed E-state index contributed by atoms with van der Waals surface area (Å²) in [5.74, 6) is 1.13. The van der Waals surface area contributed by atoms with Crippen molar-refractivity contribution in [1.82, 2.24) is 0 Å². The summed E-state index contributed by atoms with van der Waals surface area (Å²) in [4.78, 5) is 9.44. The number of benzene rings is 1. The minimum absolute atomic E-state index is 0.167. The molecule has 0 heterocycles. The smallest absolute Gasteiger partial charge is 0.126 e. The summed E-state index contributed by atoms with van der Waals surface area (Å²) in [6, 6.07) is 6.50. The molecule has 1 rings (SSSR count). The van der Waals surface area contributed by atoms with E-state index in [1.165, 1.54) is 56.2 Å². The van der Waals surface area contributed by atoms with Crippen LogP contribution >= 0.6 is 0 Å². The standard InChI is InChI=1S/C9H12.C8H18.C3H6O.C2H6/c1-7-4-5-8(2)9(3)6-7;1-4-6-8(3)7-5-2;1-3(2)4;1-2/h4-6H,1-3H3;8H,4-7H2,1-3H3;1-2H3;1-2H3. The van der Waals surface area contributed by atoms with Gasteiger partial charge in [0.15, 0.2) is 0 Å². The normalized spacial score (nSPS) is 8.83. The van der Waals surface area contributed by atoms with Crippen LogP contribution in [0.5, 0.6) is 0 Å². The molecule has 136 valence electrons. The first kappa shape index (κ1) is 26.8. The lowest BCUT2D eigenvalue weighted by Gasteiger charge is -2.05. The van der Waals surface area contributed by atoms with Crippen LogP contribution in [-0.2, 0) is 4.79 Å². The average Bonchev–Trinajstić information content (AvgIpc) is 2.46.